The first-order chi connectivity index (χ1) is 8.49. The number of nitrogens with one attached hydrogen (secondary N) is 1. The van der Waals surface area contributed by atoms with E-state index in [4.69, 9.17) is 5.11 Å². The molecular formula is C9H11F3N2O5. The first kappa shape index (κ1) is 15.2. The van der Waals surface area contributed by atoms with Crippen molar-refractivity contribution in [2.45, 2.75) is 31.2 Å². The molecule has 0 bridgehead atoms. The second kappa shape index (κ2) is 4.68. The van der Waals surface area contributed by atoms with E-state index in [9.17, 15) is 32.7 Å². The lowest BCUT2D eigenvalue weighted by atomic mass is 10.0. The number of aliphatic hydroxyl groups excluding tert-OH is 1. The van der Waals surface area contributed by atoms with Gasteiger partial charge < -0.3 is 15.5 Å². The zero-order chi connectivity index (χ0) is 15.0. The summed E-state index contributed by atoms with van der Waals surface area (Å²) in [7, 11) is 0. The van der Waals surface area contributed by atoms with Gasteiger partial charge in [0, 0.05) is 0 Å². The minimum Gasteiger partial charge on any atom is -0.481 e. The van der Waals surface area contributed by atoms with Gasteiger partial charge in [-0.25, -0.2) is 4.79 Å². The van der Waals surface area contributed by atoms with Crippen molar-refractivity contribution in [1.82, 2.24) is 10.2 Å². The molecule has 0 aromatic heterocycles. The zero-order valence-electron chi connectivity index (χ0n) is 9.69. The Hall–Kier alpha value is -1.84. The Bertz CT molecular complexity index is 425. The Labute approximate surface area is 105 Å². The highest BCUT2D eigenvalue weighted by atomic mass is 19.4. The van der Waals surface area contributed by atoms with Gasteiger partial charge in [0.15, 0.2) is 0 Å². The number of aliphatic hydroxyl groups is 1. The summed E-state index contributed by atoms with van der Waals surface area (Å²) in [6, 6.07) is -1.32. The van der Waals surface area contributed by atoms with Crippen molar-refractivity contribution in [3.05, 3.63) is 0 Å². The number of carbonyl (C=O) groups excluding carboxylic acids is 2. The number of aliphatic carboxylic acids is 1. The second-order valence-corrected chi connectivity index (χ2v) is 4.22. The lowest BCUT2D eigenvalue weighted by Crippen LogP contribution is -2.56. The van der Waals surface area contributed by atoms with Gasteiger partial charge in [-0.05, 0) is 6.92 Å². The van der Waals surface area contributed by atoms with Gasteiger partial charge in [0.2, 0.25) is 5.54 Å². The van der Waals surface area contributed by atoms with Crippen molar-refractivity contribution >= 4 is 17.9 Å². The number of amides is 3. The predicted molar refractivity (Wildman–Crippen MR) is 53.0 cm³/mol. The van der Waals surface area contributed by atoms with E-state index in [-0.39, 0.29) is 4.90 Å². The third-order valence-electron chi connectivity index (χ3n) is 2.65. The number of urea groups is 1. The van der Waals surface area contributed by atoms with Crippen molar-refractivity contribution in [2.75, 3.05) is 6.54 Å². The highest BCUT2D eigenvalue weighted by Gasteiger charge is 2.64. The second-order valence-electron chi connectivity index (χ2n) is 4.22. The first-order valence-corrected chi connectivity index (χ1v) is 5.09. The number of β-amino-alcohol motifs (C(OH)–C–C–N with tert-alkyl or cyclic N) is 1. The van der Waals surface area contributed by atoms with Crippen LogP contribution in [0.25, 0.3) is 0 Å². The summed E-state index contributed by atoms with van der Waals surface area (Å²) in [4.78, 5) is 33.3. The monoisotopic (exact) mass is 284 g/mol. The fourth-order valence-electron chi connectivity index (χ4n) is 1.53. The fourth-order valence-corrected chi connectivity index (χ4v) is 1.53. The van der Waals surface area contributed by atoms with Crippen molar-refractivity contribution < 1.29 is 37.8 Å². The van der Waals surface area contributed by atoms with Crippen LogP contribution in [0.4, 0.5) is 18.0 Å². The van der Waals surface area contributed by atoms with Crippen LogP contribution in [0, 0.1) is 0 Å². The van der Waals surface area contributed by atoms with Crippen molar-refractivity contribution in [2.24, 2.45) is 0 Å². The van der Waals surface area contributed by atoms with E-state index in [2.05, 4.69) is 0 Å². The number of imide groups is 1. The standard InChI is InChI=1S/C9H11F3N2O5/c1-8(9(10,11)12)6(18)14(7(19)13-8)3-4(15)2-5(16)17/h4,15H,2-3H2,1H3,(H,13,19)(H,16,17). The van der Waals surface area contributed by atoms with E-state index in [1.165, 1.54) is 5.32 Å². The molecule has 19 heavy (non-hydrogen) atoms. The molecule has 1 heterocycles. The molecule has 1 aliphatic heterocycles. The van der Waals surface area contributed by atoms with Crippen LogP contribution >= 0.6 is 0 Å². The van der Waals surface area contributed by atoms with Gasteiger partial charge in [-0.15, -0.1) is 0 Å². The van der Waals surface area contributed by atoms with Crippen LogP contribution in [0.5, 0.6) is 0 Å². The molecule has 3 amide bonds. The Morgan fingerprint density at radius 2 is 2.00 bits per heavy atom. The van der Waals surface area contributed by atoms with Gasteiger partial charge in [0.25, 0.3) is 5.91 Å². The third kappa shape index (κ3) is 2.78. The molecule has 1 saturated heterocycles. The van der Waals surface area contributed by atoms with E-state index in [1.54, 1.807) is 0 Å². The topological polar surface area (TPSA) is 107 Å². The van der Waals surface area contributed by atoms with E-state index in [0.29, 0.717) is 6.92 Å². The average molecular weight is 284 g/mol. The van der Waals surface area contributed by atoms with Crippen LogP contribution < -0.4 is 5.32 Å². The van der Waals surface area contributed by atoms with Gasteiger partial charge >= 0.3 is 18.2 Å². The number of carbonyl (C=O) groups is 3. The number of alkyl halides is 3. The van der Waals surface area contributed by atoms with Crippen LogP contribution in [0.3, 0.4) is 0 Å². The Morgan fingerprint density at radius 3 is 2.37 bits per heavy atom. The normalized spacial score (nSPS) is 25.4. The molecule has 108 valence electrons. The molecule has 1 aliphatic rings. The summed E-state index contributed by atoms with van der Waals surface area (Å²) >= 11 is 0. The van der Waals surface area contributed by atoms with Gasteiger partial charge in [-0.2, -0.15) is 13.2 Å². The Kier molecular flexibility index (Phi) is 3.75. The number of carboxylic acid groups (broad SMARTS) is 1. The quantitative estimate of drug-likeness (QED) is 0.614. The molecule has 7 nitrogen and oxygen atoms in total. The highest BCUT2D eigenvalue weighted by molar-refractivity contribution is 6.07. The maximum absolute atomic E-state index is 12.7. The molecule has 0 spiro atoms. The van der Waals surface area contributed by atoms with E-state index >= 15 is 0 Å². The minimum atomic E-state index is -4.99. The van der Waals surface area contributed by atoms with E-state index < -0.39 is 48.7 Å². The minimum absolute atomic E-state index is 0.154. The molecule has 0 radical (unpaired) electrons. The van der Waals surface area contributed by atoms with Crippen LogP contribution in [0.15, 0.2) is 0 Å². The van der Waals surface area contributed by atoms with Crippen LogP contribution in [-0.2, 0) is 9.59 Å². The van der Waals surface area contributed by atoms with E-state index in [0.717, 1.165) is 0 Å². The Balaban J connectivity index is 2.86. The molecule has 0 aliphatic carbocycles. The lowest BCUT2D eigenvalue weighted by Gasteiger charge is -2.24. The summed E-state index contributed by atoms with van der Waals surface area (Å²) in [5.41, 5.74) is -3.06. The summed E-state index contributed by atoms with van der Waals surface area (Å²) in [5, 5.41) is 19.1. The first-order valence-electron chi connectivity index (χ1n) is 5.09. The molecule has 2 atom stereocenters. The molecule has 3 N–H and O–H groups in total. The molecule has 10 heteroatoms. The number of hydrogen-bond acceptors (Lipinski definition) is 4. The summed E-state index contributed by atoms with van der Waals surface area (Å²) < 4.78 is 38.0. The number of rotatable bonds is 4. The number of nitrogens with zero attached hydrogens (tertiary/aromatic N) is 1. The molecule has 1 rings (SSSR count). The molecule has 2 unspecified atom stereocenters. The number of halogens is 3. The maximum atomic E-state index is 12.7. The van der Waals surface area contributed by atoms with E-state index in [1.807, 2.05) is 0 Å². The molecule has 0 aromatic carbocycles. The highest BCUT2D eigenvalue weighted by Crippen LogP contribution is 2.35. The van der Waals surface area contributed by atoms with Crippen molar-refractivity contribution in [1.29, 1.82) is 0 Å². The Morgan fingerprint density at radius 1 is 1.47 bits per heavy atom. The van der Waals surface area contributed by atoms with Gasteiger partial charge in [-0.3, -0.25) is 14.5 Å². The fraction of sp³-hybridized carbons (Fsp3) is 0.667. The number of carboxylic acids is 1. The predicted octanol–water partition coefficient (Wildman–Crippen LogP) is -0.305. The summed E-state index contributed by atoms with van der Waals surface area (Å²) in [6.45, 7) is -0.320. The van der Waals surface area contributed by atoms with Crippen LogP contribution in [0.2, 0.25) is 0 Å². The van der Waals surface area contributed by atoms with Gasteiger partial charge in [0.1, 0.15) is 0 Å². The lowest BCUT2D eigenvalue weighted by molar-refractivity contribution is -0.191. The largest absolute Gasteiger partial charge is 0.481 e. The smallest absolute Gasteiger partial charge is 0.420 e. The SMILES string of the molecule is CC1(C(F)(F)F)NC(=O)N(CC(O)CC(=O)O)C1=O. The van der Waals surface area contributed by atoms with Crippen LogP contribution in [0.1, 0.15) is 13.3 Å². The van der Waals surface area contributed by atoms with Crippen LogP contribution in [-0.4, -0.2) is 57.4 Å². The molecule has 0 aromatic rings. The van der Waals surface area contributed by atoms with Gasteiger partial charge in [0.05, 0.1) is 19.1 Å². The van der Waals surface area contributed by atoms with Gasteiger partial charge in [-0.1, -0.05) is 0 Å². The summed E-state index contributed by atoms with van der Waals surface area (Å²) in [5.74, 6) is -2.98. The number of hydrogen-bond donors (Lipinski definition) is 3. The molecule has 0 saturated carbocycles. The zero-order valence-corrected chi connectivity index (χ0v) is 9.69. The molecule has 1 fully saturated rings. The van der Waals surface area contributed by atoms with Crippen molar-refractivity contribution in [3.63, 3.8) is 0 Å². The maximum Gasteiger partial charge on any atom is 0.420 e. The molecular weight excluding hydrogens is 273 g/mol. The third-order valence-corrected chi connectivity index (χ3v) is 2.65. The average Bonchev–Trinajstić information content (AvgIpc) is 2.41. The van der Waals surface area contributed by atoms with Crippen molar-refractivity contribution in [3.8, 4) is 0 Å². The summed E-state index contributed by atoms with van der Waals surface area (Å²) in [6.07, 6.45) is -7.42.